The molecule has 0 aliphatic carbocycles. The van der Waals surface area contributed by atoms with Gasteiger partial charge in [0.15, 0.2) is 5.82 Å². The smallest absolute Gasteiger partial charge is 0.225 e. The fourth-order valence-corrected chi connectivity index (χ4v) is 3.38. The Labute approximate surface area is 159 Å². The maximum absolute atomic E-state index is 4.53. The lowest BCUT2D eigenvalue weighted by molar-refractivity contribution is 0.684. The highest BCUT2D eigenvalue weighted by Crippen LogP contribution is 2.15. The average Bonchev–Trinajstić information content (AvgIpc) is 3.33. The molecule has 0 radical (unpaired) electrons. The standard InChI is InChI=1S/C20H25N7/c1-15-9-16(2)27(25-15)19-6-5-17(12-22-19)10-21-11-18-13-23-20(24-14-18)26-7-3-4-8-26/h5-6,9,12-14,21H,3-4,7-8,10-11H2,1-2H3. The van der Waals surface area contributed by atoms with Crippen LogP contribution in [0, 0.1) is 13.8 Å². The Hall–Kier alpha value is -2.80. The molecule has 0 atom stereocenters. The van der Waals surface area contributed by atoms with Gasteiger partial charge in [-0.15, -0.1) is 0 Å². The van der Waals surface area contributed by atoms with E-state index in [9.17, 15) is 0 Å². The van der Waals surface area contributed by atoms with Crippen molar-refractivity contribution in [1.82, 2.24) is 30.0 Å². The summed E-state index contributed by atoms with van der Waals surface area (Å²) in [4.78, 5) is 15.8. The Bertz CT molecular complexity index is 878. The summed E-state index contributed by atoms with van der Waals surface area (Å²) in [5, 5.41) is 7.89. The minimum Gasteiger partial charge on any atom is -0.341 e. The Balaban J connectivity index is 1.30. The molecule has 4 rings (SSSR count). The van der Waals surface area contributed by atoms with Crippen LogP contribution in [0.4, 0.5) is 5.95 Å². The third-order valence-electron chi connectivity index (χ3n) is 4.77. The van der Waals surface area contributed by atoms with Gasteiger partial charge in [-0.05, 0) is 44.4 Å². The zero-order valence-corrected chi connectivity index (χ0v) is 15.9. The SMILES string of the molecule is Cc1cc(C)n(-c2ccc(CNCc3cnc(N4CCCC4)nc3)cn2)n1. The summed E-state index contributed by atoms with van der Waals surface area (Å²) < 4.78 is 1.87. The van der Waals surface area contributed by atoms with E-state index in [2.05, 4.69) is 36.3 Å². The number of anilines is 1. The highest BCUT2D eigenvalue weighted by atomic mass is 15.3. The van der Waals surface area contributed by atoms with Crippen LogP contribution in [0.2, 0.25) is 0 Å². The van der Waals surface area contributed by atoms with Crippen molar-refractivity contribution in [3.05, 3.63) is 59.3 Å². The normalized spacial score (nSPS) is 14.1. The second-order valence-electron chi connectivity index (χ2n) is 7.05. The number of aromatic nitrogens is 5. The summed E-state index contributed by atoms with van der Waals surface area (Å²) in [6.45, 7) is 7.64. The van der Waals surface area contributed by atoms with Crippen LogP contribution < -0.4 is 10.2 Å². The first-order valence-corrected chi connectivity index (χ1v) is 9.44. The van der Waals surface area contributed by atoms with E-state index in [1.165, 1.54) is 12.8 Å². The van der Waals surface area contributed by atoms with Crippen molar-refractivity contribution < 1.29 is 0 Å². The first-order chi connectivity index (χ1) is 13.2. The topological polar surface area (TPSA) is 71.8 Å². The number of aryl methyl sites for hydroxylation is 2. The van der Waals surface area contributed by atoms with Gasteiger partial charge in [-0.2, -0.15) is 5.10 Å². The summed E-state index contributed by atoms with van der Waals surface area (Å²) in [7, 11) is 0. The van der Waals surface area contributed by atoms with Gasteiger partial charge in [-0.1, -0.05) is 6.07 Å². The molecule has 1 saturated heterocycles. The number of hydrogen-bond donors (Lipinski definition) is 1. The van der Waals surface area contributed by atoms with E-state index in [-0.39, 0.29) is 0 Å². The van der Waals surface area contributed by atoms with Crippen molar-refractivity contribution in [2.24, 2.45) is 0 Å². The van der Waals surface area contributed by atoms with Gasteiger partial charge in [0.05, 0.1) is 5.69 Å². The molecule has 7 heteroatoms. The number of pyridine rings is 1. The third-order valence-corrected chi connectivity index (χ3v) is 4.77. The highest BCUT2D eigenvalue weighted by Gasteiger charge is 2.14. The van der Waals surface area contributed by atoms with Gasteiger partial charge in [0.2, 0.25) is 5.95 Å². The lowest BCUT2D eigenvalue weighted by atomic mass is 10.2. The molecule has 0 amide bonds. The Morgan fingerprint density at radius 1 is 0.926 bits per heavy atom. The predicted octanol–water partition coefficient (Wildman–Crippen LogP) is 2.56. The summed E-state index contributed by atoms with van der Waals surface area (Å²) in [6.07, 6.45) is 8.19. The predicted molar refractivity (Wildman–Crippen MR) is 105 cm³/mol. The Morgan fingerprint density at radius 2 is 1.63 bits per heavy atom. The summed E-state index contributed by atoms with van der Waals surface area (Å²) >= 11 is 0. The van der Waals surface area contributed by atoms with Crippen molar-refractivity contribution in [3.8, 4) is 5.82 Å². The minimum atomic E-state index is 0.736. The monoisotopic (exact) mass is 363 g/mol. The molecule has 3 aromatic rings. The van der Waals surface area contributed by atoms with Crippen LogP contribution >= 0.6 is 0 Å². The van der Waals surface area contributed by atoms with Crippen molar-refractivity contribution >= 4 is 5.95 Å². The van der Waals surface area contributed by atoms with Gasteiger partial charge in [0, 0.05) is 56.0 Å². The second kappa shape index (κ2) is 7.84. The first-order valence-electron chi connectivity index (χ1n) is 9.44. The zero-order chi connectivity index (χ0) is 18.6. The van der Waals surface area contributed by atoms with E-state index in [0.717, 1.165) is 60.5 Å². The van der Waals surface area contributed by atoms with Crippen LogP contribution in [0.3, 0.4) is 0 Å². The molecule has 0 spiro atoms. The molecule has 140 valence electrons. The van der Waals surface area contributed by atoms with Crippen molar-refractivity contribution in [2.75, 3.05) is 18.0 Å². The van der Waals surface area contributed by atoms with Crippen molar-refractivity contribution in [2.45, 2.75) is 39.8 Å². The minimum absolute atomic E-state index is 0.736. The van der Waals surface area contributed by atoms with Crippen molar-refractivity contribution in [3.63, 3.8) is 0 Å². The van der Waals surface area contributed by atoms with Crippen LogP contribution in [-0.4, -0.2) is 37.8 Å². The van der Waals surface area contributed by atoms with Gasteiger partial charge >= 0.3 is 0 Å². The van der Waals surface area contributed by atoms with Crippen molar-refractivity contribution in [1.29, 1.82) is 0 Å². The maximum atomic E-state index is 4.53. The van der Waals surface area contributed by atoms with Gasteiger partial charge in [0.25, 0.3) is 0 Å². The molecule has 1 aliphatic rings. The Morgan fingerprint density at radius 3 is 2.26 bits per heavy atom. The van der Waals surface area contributed by atoms with Crippen LogP contribution in [0.25, 0.3) is 5.82 Å². The zero-order valence-electron chi connectivity index (χ0n) is 15.9. The van der Waals surface area contributed by atoms with Gasteiger partial charge in [0.1, 0.15) is 0 Å². The first kappa shape index (κ1) is 17.6. The molecule has 7 nitrogen and oxygen atoms in total. The Kier molecular flexibility index (Phi) is 5.11. The summed E-state index contributed by atoms with van der Waals surface area (Å²) in [5.74, 6) is 1.69. The lowest BCUT2D eigenvalue weighted by Crippen LogP contribution is -2.20. The summed E-state index contributed by atoms with van der Waals surface area (Å²) in [6, 6.07) is 6.14. The summed E-state index contributed by atoms with van der Waals surface area (Å²) in [5.41, 5.74) is 4.31. The van der Waals surface area contributed by atoms with E-state index < -0.39 is 0 Å². The molecular formula is C20H25N7. The number of nitrogens with one attached hydrogen (secondary N) is 1. The van der Waals surface area contributed by atoms with E-state index in [0.29, 0.717) is 0 Å². The molecule has 1 N–H and O–H groups in total. The molecule has 0 unspecified atom stereocenters. The maximum Gasteiger partial charge on any atom is 0.225 e. The number of nitrogens with zero attached hydrogens (tertiary/aromatic N) is 6. The molecule has 4 heterocycles. The van der Waals surface area contributed by atoms with E-state index >= 15 is 0 Å². The molecule has 1 aliphatic heterocycles. The van der Waals surface area contributed by atoms with Gasteiger partial charge in [-0.3, -0.25) is 0 Å². The van der Waals surface area contributed by atoms with Crippen LogP contribution in [0.1, 0.15) is 35.4 Å². The molecule has 1 fully saturated rings. The van der Waals surface area contributed by atoms with Crippen LogP contribution in [0.15, 0.2) is 36.8 Å². The van der Waals surface area contributed by atoms with E-state index in [1.807, 2.05) is 49.3 Å². The van der Waals surface area contributed by atoms with Crippen LogP contribution in [-0.2, 0) is 13.1 Å². The molecule has 0 saturated carbocycles. The van der Waals surface area contributed by atoms with Gasteiger partial charge in [-0.25, -0.2) is 19.6 Å². The highest BCUT2D eigenvalue weighted by molar-refractivity contribution is 5.31. The average molecular weight is 363 g/mol. The second-order valence-corrected chi connectivity index (χ2v) is 7.05. The molecule has 0 bridgehead atoms. The number of rotatable bonds is 6. The quantitative estimate of drug-likeness (QED) is 0.726. The molecule has 3 aromatic heterocycles. The molecule has 0 aromatic carbocycles. The molecule has 27 heavy (non-hydrogen) atoms. The van der Waals surface area contributed by atoms with E-state index in [1.54, 1.807) is 0 Å². The number of hydrogen-bond acceptors (Lipinski definition) is 6. The third kappa shape index (κ3) is 4.14. The largest absolute Gasteiger partial charge is 0.341 e. The van der Waals surface area contributed by atoms with Crippen LogP contribution in [0.5, 0.6) is 0 Å². The van der Waals surface area contributed by atoms with E-state index in [4.69, 9.17) is 0 Å². The fraction of sp³-hybridized carbons (Fsp3) is 0.400. The molecular weight excluding hydrogens is 338 g/mol. The lowest BCUT2D eigenvalue weighted by Gasteiger charge is -2.14. The fourth-order valence-electron chi connectivity index (χ4n) is 3.38. The van der Waals surface area contributed by atoms with Gasteiger partial charge < -0.3 is 10.2 Å².